The summed E-state index contributed by atoms with van der Waals surface area (Å²) in [4.78, 5) is 13.9. The fourth-order valence-electron chi connectivity index (χ4n) is 2.57. The predicted molar refractivity (Wildman–Crippen MR) is 77.9 cm³/mol. The predicted octanol–water partition coefficient (Wildman–Crippen LogP) is 2.70. The number of amides is 1. The Labute approximate surface area is 132 Å². The van der Waals surface area contributed by atoms with Gasteiger partial charge >= 0.3 is 6.18 Å². The molecule has 3 atom stereocenters. The molecule has 0 radical (unpaired) electrons. The van der Waals surface area contributed by atoms with Crippen LogP contribution in [-0.2, 0) is 11.0 Å². The molecule has 23 heavy (non-hydrogen) atoms. The highest BCUT2D eigenvalue weighted by atomic mass is 19.4. The lowest BCUT2D eigenvalue weighted by atomic mass is 9.96. The summed E-state index contributed by atoms with van der Waals surface area (Å²) in [5.74, 6) is -0.0291. The van der Waals surface area contributed by atoms with Gasteiger partial charge in [0.1, 0.15) is 5.75 Å². The van der Waals surface area contributed by atoms with E-state index in [1.807, 2.05) is 6.92 Å². The maximum absolute atomic E-state index is 12.5. The number of aliphatic hydroxyl groups excluding tert-OH is 1. The summed E-state index contributed by atoms with van der Waals surface area (Å²) < 4.78 is 42.9. The Morgan fingerprint density at radius 2 is 1.96 bits per heavy atom. The van der Waals surface area contributed by atoms with E-state index in [2.05, 4.69) is 0 Å². The van der Waals surface area contributed by atoms with Crippen molar-refractivity contribution >= 4 is 5.91 Å². The molecule has 0 saturated carbocycles. The number of likely N-dealkylation sites (tertiary alicyclic amines) is 1. The van der Waals surface area contributed by atoms with Gasteiger partial charge in [-0.2, -0.15) is 13.2 Å². The van der Waals surface area contributed by atoms with E-state index in [0.717, 1.165) is 12.1 Å². The Kier molecular flexibility index (Phi) is 5.19. The first-order valence-electron chi connectivity index (χ1n) is 7.49. The highest BCUT2D eigenvalue weighted by Crippen LogP contribution is 2.30. The molecule has 1 fully saturated rings. The van der Waals surface area contributed by atoms with E-state index in [9.17, 15) is 23.1 Å². The number of nitrogens with zero attached hydrogens (tertiary/aromatic N) is 1. The van der Waals surface area contributed by atoms with Crippen molar-refractivity contribution in [3.8, 4) is 5.75 Å². The molecule has 1 saturated heterocycles. The molecule has 7 heteroatoms. The number of alkyl halides is 3. The van der Waals surface area contributed by atoms with Crippen LogP contribution in [0.15, 0.2) is 24.3 Å². The average Bonchev–Trinajstić information content (AvgIpc) is 2.49. The zero-order valence-corrected chi connectivity index (χ0v) is 13.0. The molecule has 1 N–H and O–H groups in total. The smallest absolute Gasteiger partial charge is 0.416 e. The van der Waals surface area contributed by atoms with Crippen LogP contribution in [0.2, 0.25) is 0 Å². The van der Waals surface area contributed by atoms with E-state index in [0.29, 0.717) is 19.5 Å². The van der Waals surface area contributed by atoms with E-state index in [-0.39, 0.29) is 17.6 Å². The Morgan fingerprint density at radius 1 is 1.35 bits per heavy atom. The van der Waals surface area contributed by atoms with Gasteiger partial charge in [-0.15, -0.1) is 0 Å². The molecule has 4 nitrogen and oxygen atoms in total. The van der Waals surface area contributed by atoms with Crippen LogP contribution < -0.4 is 4.74 Å². The van der Waals surface area contributed by atoms with Crippen LogP contribution in [0.4, 0.5) is 13.2 Å². The topological polar surface area (TPSA) is 49.8 Å². The van der Waals surface area contributed by atoms with Gasteiger partial charge in [0, 0.05) is 13.1 Å². The number of ether oxygens (including phenoxy) is 1. The molecule has 128 valence electrons. The van der Waals surface area contributed by atoms with Crippen LogP contribution in [0, 0.1) is 5.92 Å². The van der Waals surface area contributed by atoms with Crippen molar-refractivity contribution in [2.75, 3.05) is 13.1 Å². The zero-order valence-electron chi connectivity index (χ0n) is 13.0. The summed E-state index contributed by atoms with van der Waals surface area (Å²) in [6.45, 7) is 4.33. The van der Waals surface area contributed by atoms with Crippen LogP contribution >= 0.6 is 0 Å². The van der Waals surface area contributed by atoms with Gasteiger partial charge in [0.2, 0.25) is 0 Å². The van der Waals surface area contributed by atoms with Crippen LogP contribution in [0.25, 0.3) is 0 Å². The second kappa shape index (κ2) is 6.78. The average molecular weight is 331 g/mol. The van der Waals surface area contributed by atoms with Gasteiger partial charge in [-0.1, -0.05) is 6.92 Å². The van der Waals surface area contributed by atoms with E-state index >= 15 is 0 Å². The van der Waals surface area contributed by atoms with Crippen molar-refractivity contribution in [3.63, 3.8) is 0 Å². The normalized spacial score (nSPS) is 23.5. The molecule has 0 aliphatic carbocycles. The molecule has 3 unspecified atom stereocenters. The first kappa shape index (κ1) is 17.6. The number of hydrogen-bond acceptors (Lipinski definition) is 3. The second-order valence-electron chi connectivity index (χ2n) is 5.90. The van der Waals surface area contributed by atoms with Crippen molar-refractivity contribution in [1.29, 1.82) is 0 Å². The molecule has 1 aromatic carbocycles. The van der Waals surface area contributed by atoms with E-state index in [4.69, 9.17) is 4.74 Å². The quantitative estimate of drug-likeness (QED) is 0.926. The molecule has 2 rings (SSSR count). The lowest BCUT2D eigenvalue weighted by Gasteiger charge is -2.35. The van der Waals surface area contributed by atoms with Crippen molar-refractivity contribution in [1.82, 2.24) is 4.90 Å². The zero-order chi connectivity index (χ0) is 17.2. The first-order chi connectivity index (χ1) is 10.7. The fourth-order valence-corrected chi connectivity index (χ4v) is 2.57. The standard InChI is InChI=1S/C16H20F3NO3/c1-10-9-20(8-7-14(10)21)15(22)11(2)23-13-5-3-12(4-6-13)16(17,18)19/h3-6,10-11,14,21H,7-9H2,1-2H3. The monoisotopic (exact) mass is 331 g/mol. The third-order valence-corrected chi connectivity index (χ3v) is 4.01. The minimum Gasteiger partial charge on any atom is -0.481 e. The Balaban J connectivity index is 1.96. The number of carbonyl (C=O) groups excluding carboxylic acids is 1. The molecule has 0 spiro atoms. The number of benzene rings is 1. The van der Waals surface area contributed by atoms with Gasteiger partial charge in [0.05, 0.1) is 11.7 Å². The molecule has 0 aromatic heterocycles. The minimum atomic E-state index is -4.40. The molecular weight excluding hydrogens is 311 g/mol. The summed E-state index contributed by atoms with van der Waals surface area (Å²) in [6.07, 6.45) is -5.09. The summed E-state index contributed by atoms with van der Waals surface area (Å²) in [5, 5.41) is 9.68. The third kappa shape index (κ3) is 4.37. The van der Waals surface area contributed by atoms with E-state index in [1.165, 1.54) is 12.1 Å². The van der Waals surface area contributed by atoms with Crippen LogP contribution in [0.1, 0.15) is 25.8 Å². The van der Waals surface area contributed by atoms with E-state index < -0.39 is 23.9 Å². The number of piperidine rings is 1. The SMILES string of the molecule is CC(Oc1ccc(C(F)(F)F)cc1)C(=O)N1CCC(O)C(C)C1. The number of rotatable bonds is 3. The van der Waals surface area contributed by atoms with Crippen LogP contribution in [0.5, 0.6) is 5.75 Å². The summed E-state index contributed by atoms with van der Waals surface area (Å²) in [6, 6.07) is 4.25. The molecule has 1 heterocycles. The Hall–Kier alpha value is -1.76. The number of carbonyl (C=O) groups is 1. The van der Waals surface area contributed by atoms with Crippen LogP contribution in [0.3, 0.4) is 0 Å². The molecule has 1 aliphatic rings. The van der Waals surface area contributed by atoms with Crippen molar-refractivity contribution in [3.05, 3.63) is 29.8 Å². The lowest BCUT2D eigenvalue weighted by molar-refractivity contribution is -0.141. The van der Waals surface area contributed by atoms with Gasteiger partial charge in [0.15, 0.2) is 6.10 Å². The van der Waals surface area contributed by atoms with Crippen molar-refractivity contribution in [2.45, 2.75) is 38.7 Å². The summed E-state index contributed by atoms with van der Waals surface area (Å²) in [5.41, 5.74) is -0.761. The van der Waals surface area contributed by atoms with Gasteiger partial charge in [-0.05, 0) is 43.5 Å². The maximum Gasteiger partial charge on any atom is 0.416 e. The highest BCUT2D eigenvalue weighted by Gasteiger charge is 2.31. The Bertz CT molecular complexity index is 544. The number of halogens is 3. The third-order valence-electron chi connectivity index (χ3n) is 4.01. The highest BCUT2D eigenvalue weighted by molar-refractivity contribution is 5.81. The number of hydrogen-bond donors (Lipinski definition) is 1. The fraction of sp³-hybridized carbons (Fsp3) is 0.562. The van der Waals surface area contributed by atoms with Crippen molar-refractivity contribution in [2.24, 2.45) is 5.92 Å². The molecule has 1 aliphatic heterocycles. The van der Waals surface area contributed by atoms with Crippen molar-refractivity contribution < 1.29 is 27.8 Å². The van der Waals surface area contributed by atoms with Gasteiger partial charge in [0.25, 0.3) is 5.91 Å². The minimum absolute atomic E-state index is 0.00836. The van der Waals surface area contributed by atoms with Gasteiger partial charge < -0.3 is 14.7 Å². The molecule has 1 aromatic rings. The van der Waals surface area contributed by atoms with Crippen LogP contribution in [-0.4, -0.2) is 41.2 Å². The number of aliphatic hydroxyl groups is 1. The molecule has 1 amide bonds. The largest absolute Gasteiger partial charge is 0.481 e. The Morgan fingerprint density at radius 3 is 2.48 bits per heavy atom. The summed E-state index contributed by atoms with van der Waals surface area (Å²) in [7, 11) is 0. The maximum atomic E-state index is 12.5. The second-order valence-corrected chi connectivity index (χ2v) is 5.90. The van der Waals surface area contributed by atoms with Gasteiger partial charge in [-0.25, -0.2) is 0 Å². The summed E-state index contributed by atoms with van der Waals surface area (Å²) >= 11 is 0. The van der Waals surface area contributed by atoms with Gasteiger partial charge in [-0.3, -0.25) is 4.79 Å². The molecular formula is C16H20F3NO3. The lowest BCUT2D eigenvalue weighted by Crippen LogP contribution is -2.49. The first-order valence-corrected chi connectivity index (χ1v) is 7.49. The van der Waals surface area contributed by atoms with E-state index in [1.54, 1.807) is 11.8 Å². The molecule has 0 bridgehead atoms.